The van der Waals surface area contributed by atoms with Gasteiger partial charge >= 0.3 is 5.97 Å². The molecule has 0 fully saturated rings. The van der Waals surface area contributed by atoms with E-state index in [0.29, 0.717) is 17.1 Å². The highest BCUT2D eigenvalue weighted by molar-refractivity contribution is 7.16. The van der Waals surface area contributed by atoms with E-state index in [4.69, 9.17) is 4.74 Å². The lowest BCUT2D eigenvalue weighted by molar-refractivity contribution is -0.117. The largest absolute Gasteiger partial charge is 0.465 e. The molecule has 0 aliphatic carbocycles. The number of methoxy groups -OCH3 is 1. The Hall–Kier alpha value is -2.32. The first-order valence-electron chi connectivity index (χ1n) is 8.41. The average molecular weight is 396 g/mol. The first-order chi connectivity index (χ1) is 12.8. The molecule has 5 nitrogen and oxygen atoms in total. The number of esters is 1. The zero-order valence-electron chi connectivity index (χ0n) is 15.7. The number of aryl methyl sites for hydroxylation is 1. The van der Waals surface area contributed by atoms with Crippen molar-refractivity contribution >= 4 is 28.2 Å². The summed E-state index contributed by atoms with van der Waals surface area (Å²) >= 11 is 1.29. The number of benzene rings is 1. The maximum absolute atomic E-state index is 13.8. The van der Waals surface area contributed by atoms with E-state index in [0.717, 1.165) is 10.4 Å². The van der Waals surface area contributed by atoms with Crippen molar-refractivity contribution in [1.82, 2.24) is 4.90 Å². The number of amides is 1. The van der Waals surface area contributed by atoms with Gasteiger partial charge in [-0.2, -0.15) is 0 Å². The molecule has 0 bridgehead atoms. The van der Waals surface area contributed by atoms with E-state index in [9.17, 15) is 18.4 Å². The van der Waals surface area contributed by atoms with Crippen molar-refractivity contribution in [2.45, 2.75) is 27.3 Å². The van der Waals surface area contributed by atoms with Gasteiger partial charge in [-0.15, -0.1) is 11.3 Å². The smallest absolute Gasteiger partial charge is 0.341 e. The van der Waals surface area contributed by atoms with Crippen molar-refractivity contribution in [3.05, 3.63) is 51.4 Å². The average Bonchev–Trinajstić information content (AvgIpc) is 2.90. The van der Waals surface area contributed by atoms with E-state index in [2.05, 4.69) is 5.32 Å². The molecule has 1 amide bonds. The van der Waals surface area contributed by atoms with E-state index < -0.39 is 17.6 Å². The molecule has 0 atom stereocenters. The van der Waals surface area contributed by atoms with Gasteiger partial charge < -0.3 is 10.1 Å². The van der Waals surface area contributed by atoms with Gasteiger partial charge in [0.15, 0.2) is 0 Å². The van der Waals surface area contributed by atoms with Gasteiger partial charge in [0.1, 0.15) is 16.6 Å². The van der Waals surface area contributed by atoms with Gasteiger partial charge in [-0.25, -0.2) is 13.6 Å². The Kier molecular flexibility index (Phi) is 7.04. The number of anilines is 1. The summed E-state index contributed by atoms with van der Waals surface area (Å²) in [5.41, 5.74) is 1.00. The van der Waals surface area contributed by atoms with Crippen LogP contribution in [0.25, 0.3) is 0 Å². The van der Waals surface area contributed by atoms with Crippen LogP contribution in [0.4, 0.5) is 13.8 Å². The SMILES string of the molecule is CCN(CC(=O)Nc1sc(C)c(C)c1C(=O)OC)Cc1c(F)cccc1F. The summed E-state index contributed by atoms with van der Waals surface area (Å²) in [5.74, 6) is -2.19. The fraction of sp³-hybridized carbons (Fsp3) is 0.368. The van der Waals surface area contributed by atoms with E-state index in [-0.39, 0.29) is 24.6 Å². The fourth-order valence-corrected chi connectivity index (χ4v) is 3.68. The van der Waals surface area contributed by atoms with Crippen molar-refractivity contribution in [3.63, 3.8) is 0 Å². The number of carbonyl (C=O) groups excluding carboxylic acids is 2. The third-order valence-electron chi connectivity index (χ3n) is 4.29. The molecule has 8 heteroatoms. The van der Waals surface area contributed by atoms with Gasteiger partial charge in [0.25, 0.3) is 0 Å². The lowest BCUT2D eigenvalue weighted by Gasteiger charge is -2.20. The Balaban J connectivity index is 2.12. The number of hydrogen-bond donors (Lipinski definition) is 1. The molecular formula is C19H22F2N2O3S. The Morgan fingerprint density at radius 2 is 1.85 bits per heavy atom. The number of nitrogens with one attached hydrogen (secondary N) is 1. The van der Waals surface area contributed by atoms with Gasteiger partial charge in [0, 0.05) is 17.0 Å². The Morgan fingerprint density at radius 1 is 1.22 bits per heavy atom. The molecule has 146 valence electrons. The molecule has 1 heterocycles. The van der Waals surface area contributed by atoms with Crippen LogP contribution in [0, 0.1) is 25.5 Å². The third kappa shape index (κ3) is 4.90. The molecule has 0 radical (unpaired) electrons. The maximum atomic E-state index is 13.8. The van der Waals surface area contributed by atoms with Crippen molar-refractivity contribution in [1.29, 1.82) is 0 Å². The zero-order valence-corrected chi connectivity index (χ0v) is 16.5. The topological polar surface area (TPSA) is 58.6 Å². The monoisotopic (exact) mass is 396 g/mol. The second kappa shape index (κ2) is 9.05. The van der Waals surface area contributed by atoms with Crippen LogP contribution in [0.15, 0.2) is 18.2 Å². The highest BCUT2D eigenvalue weighted by Crippen LogP contribution is 2.32. The van der Waals surface area contributed by atoms with Crippen LogP contribution in [0.3, 0.4) is 0 Å². The van der Waals surface area contributed by atoms with Gasteiger partial charge in [-0.1, -0.05) is 13.0 Å². The second-order valence-electron chi connectivity index (χ2n) is 6.03. The summed E-state index contributed by atoms with van der Waals surface area (Å²) in [4.78, 5) is 26.9. The van der Waals surface area contributed by atoms with Gasteiger partial charge in [-0.3, -0.25) is 9.69 Å². The summed E-state index contributed by atoms with van der Waals surface area (Å²) in [5, 5.41) is 3.13. The molecule has 27 heavy (non-hydrogen) atoms. The second-order valence-corrected chi connectivity index (χ2v) is 7.26. The summed E-state index contributed by atoms with van der Waals surface area (Å²) < 4.78 is 32.5. The number of thiophene rings is 1. The zero-order chi connectivity index (χ0) is 20.1. The van der Waals surface area contributed by atoms with Crippen molar-refractivity contribution in [2.75, 3.05) is 25.5 Å². The highest BCUT2D eigenvalue weighted by atomic mass is 32.1. The van der Waals surface area contributed by atoms with Gasteiger partial charge in [0.05, 0.1) is 19.2 Å². The molecule has 0 aliphatic rings. The summed E-state index contributed by atoms with van der Waals surface area (Å²) in [6.45, 7) is 5.75. The van der Waals surface area contributed by atoms with Crippen LogP contribution in [0.1, 0.15) is 33.3 Å². The molecule has 0 unspecified atom stereocenters. The quantitative estimate of drug-likeness (QED) is 0.722. The normalized spacial score (nSPS) is 10.9. The number of nitrogens with zero attached hydrogens (tertiary/aromatic N) is 1. The molecular weight excluding hydrogens is 374 g/mol. The Labute approximate surface area is 160 Å². The van der Waals surface area contributed by atoms with Gasteiger partial charge in [0.2, 0.25) is 5.91 Å². The minimum atomic E-state index is -0.647. The molecule has 1 aromatic heterocycles. The van der Waals surface area contributed by atoms with Crippen LogP contribution in [0.5, 0.6) is 0 Å². The molecule has 1 aromatic carbocycles. The molecule has 2 aromatic rings. The first kappa shape index (κ1) is 21.0. The van der Waals surface area contributed by atoms with Crippen LogP contribution < -0.4 is 5.32 Å². The molecule has 2 rings (SSSR count). The van der Waals surface area contributed by atoms with Crippen molar-refractivity contribution in [3.8, 4) is 0 Å². The number of rotatable bonds is 7. The fourth-order valence-electron chi connectivity index (χ4n) is 2.62. The number of likely N-dealkylation sites (N-methyl/N-ethyl adjacent to an activating group) is 1. The minimum absolute atomic E-state index is 0.0330. The third-order valence-corrected chi connectivity index (χ3v) is 5.41. The standard InChI is InChI=1S/C19H22F2N2O3S/c1-5-23(9-13-14(20)7-6-8-15(13)21)10-16(24)22-18-17(19(25)26-4)11(2)12(3)27-18/h6-8H,5,9-10H2,1-4H3,(H,22,24). The van der Waals surface area contributed by atoms with Crippen LogP contribution in [0.2, 0.25) is 0 Å². The van der Waals surface area contributed by atoms with Crippen LogP contribution in [-0.4, -0.2) is 37.0 Å². The van der Waals surface area contributed by atoms with Crippen LogP contribution in [-0.2, 0) is 16.1 Å². The lowest BCUT2D eigenvalue weighted by Crippen LogP contribution is -2.33. The van der Waals surface area contributed by atoms with Crippen molar-refractivity contribution < 1.29 is 23.1 Å². The summed E-state index contributed by atoms with van der Waals surface area (Å²) in [6.07, 6.45) is 0. The molecule has 0 aliphatic heterocycles. The summed E-state index contributed by atoms with van der Waals surface area (Å²) in [7, 11) is 1.28. The number of hydrogen-bond acceptors (Lipinski definition) is 5. The first-order valence-corrected chi connectivity index (χ1v) is 9.23. The van der Waals surface area contributed by atoms with E-state index >= 15 is 0 Å². The number of carbonyl (C=O) groups is 2. The predicted molar refractivity (Wildman–Crippen MR) is 101 cm³/mol. The van der Waals surface area contributed by atoms with Crippen LogP contribution >= 0.6 is 11.3 Å². The summed E-state index contributed by atoms with van der Waals surface area (Å²) in [6, 6.07) is 3.67. The number of halogens is 2. The Bertz CT molecular complexity index is 831. The van der Waals surface area contributed by atoms with E-state index in [1.165, 1.54) is 36.6 Å². The van der Waals surface area contributed by atoms with Crippen molar-refractivity contribution in [2.24, 2.45) is 0 Å². The minimum Gasteiger partial charge on any atom is -0.465 e. The number of ether oxygens (including phenoxy) is 1. The molecule has 0 saturated carbocycles. The highest BCUT2D eigenvalue weighted by Gasteiger charge is 2.22. The molecule has 1 N–H and O–H groups in total. The Morgan fingerprint density at radius 3 is 2.41 bits per heavy atom. The maximum Gasteiger partial charge on any atom is 0.341 e. The van der Waals surface area contributed by atoms with E-state index in [1.807, 2.05) is 6.92 Å². The lowest BCUT2D eigenvalue weighted by atomic mass is 10.1. The molecule has 0 saturated heterocycles. The van der Waals surface area contributed by atoms with E-state index in [1.54, 1.807) is 18.7 Å². The predicted octanol–water partition coefficient (Wildman–Crippen LogP) is 3.89. The molecule has 0 spiro atoms. The van der Waals surface area contributed by atoms with Gasteiger partial charge in [-0.05, 0) is 38.1 Å².